The van der Waals surface area contributed by atoms with Crippen LogP contribution in [0.4, 0.5) is 13.2 Å². The predicted octanol–water partition coefficient (Wildman–Crippen LogP) is 5.12. The van der Waals surface area contributed by atoms with Crippen molar-refractivity contribution in [3.63, 3.8) is 0 Å². The number of fused-ring (bicyclic) bond motifs is 1. The third-order valence-electron chi connectivity index (χ3n) is 3.87. The van der Waals surface area contributed by atoms with E-state index in [4.69, 9.17) is 21.1 Å². The second-order valence-electron chi connectivity index (χ2n) is 5.82. The molecule has 29 heavy (non-hydrogen) atoms. The fourth-order valence-corrected chi connectivity index (χ4v) is 2.62. The van der Waals surface area contributed by atoms with E-state index in [1.54, 1.807) is 18.2 Å². The van der Waals surface area contributed by atoms with E-state index in [2.05, 4.69) is 16.8 Å². The minimum Gasteiger partial charge on any atom is -0.496 e. The van der Waals surface area contributed by atoms with Crippen LogP contribution in [0.15, 0.2) is 48.5 Å². The second-order valence-corrected chi connectivity index (χ2v) is 6.26. The van der Waals surface area contributed by atoms with Gasteiger partial charge in [0.15, 0.2) is 6.61 Å². The molecule has 2 aromatic carbocycles. The smallest absolute Gasteiger partial charge is 0.433 e. The van der Waals surface area contributed by atoms with Gasteiger partial charge in [-0.2, -0.15) is 13.2 Å². The molecule has 0 atom stereocenters. The molecule has 0 bridgehead atoms. The molecule has 8 heteroatoms. The van der Waals surface area contributed by atoms with Crippen LogP contribution in [0.5, 0.6) is 5.75 Å². The number of ether oxygens (including phenoxy) is 2. The van der Waals surface area contributed by atoms with Crippen LogP contribution in [0.2, 0.25) is 5.02 Å². The summed E-state index contributed by atoms with van der Waals surface area (Å²) in [6, 6.07) is 11.6. The van der Waals surface area contributed by atoms with Gasteiger partial charge < -0.3 is 9.47 Å². The Bertz CT molecular complexity index is 1120. The zero-order chi connectivity index (χ0) is 21.0. The van der Waals surface area contributed by atoms with Crippen LogP contribution in [0.1, 0.15) is 21.6 Å². The highest BCUT2D eigenvalue weighted by Gasteiger charge is 2.33. The molecule has 0 aliphatic rings. The molecule has 3 aromatic rings. The molecule has 0 saturated heterocycles. The van der Waals surface area contributed by atoms with Gasteiger partial charge >= 0.3 is 12.1 Å². The Labute approximate surface area is 169 Å². The van der Waals surface area contributed by atoms with Crippen molar-refractivity contribution >= 4 is 28.5 Å². The number of halogens is 4. The number of hydrogen-bond acceptors (Lipinski definition) is 4. The average Bonchev–Trinajstić information content (AvgIpc) is 2.70. The van der Waals surface area contributed by atoms with Crippen LogP contribution in [-0.2, 0) is 10.9 Å². The molecule has 0 fully saturated rings. The zero-order valence-corrected chi connectivity index (χ0v) is 15.8. The molecule has 1 aromatic heterocycles. The van der Waals surface area contributed by atoms with Crippen molar-refractivity contribution in [2.75, 3.05) is 13.7 Å². The number of benzene rings is 2. The minimum atomic E-state index is -4.58. The monoisotopic (exact) mass is 419 g/mol. The van der Waals surface area contributed by atoms with Crippen LogP contribution in [0.25, 0.3) is 10.9 Å². The van der Waals surface area contributed by atoms with Crippen molar-refractivity contribution < 1.29 is 27.4 Å². The molecule has 1 heterocycles. The first-order valence-corrected chi connectivity index (χ1v) is 8.63. The Morgan fingerprint density at radius 2 is 1.86 bits per heavy atom. The zero-order valence-electron chi connectivity index (χ0n) is 15.0. The van der Waals surface area contributed by atoms with E-state index < -0.39 is 17.8 Å². The van der Waals surface area contributed by atoms with Crippen LogP contribution < -0.4 is 4.74 Å². The SMILES string of the molecule is COc1cc(C(F)(F)F)nc2ccc(C#CCOC(=O)c3ccc(Cl)cc3)cc12. The molecular weight excluding hydrogens is 407 g/mol. The van der Waals surface area contributed by atoms with E-state index in [1.165, 1.54) is 31.4 Å². The maximum Gasteiger partial charge on any atom is 0.433 e. The summed E-state index contributed by atoms with van der Waals surface area (Å²) >= 11 is 5.76. The lowest BCUT2D eigenvalue weighted by atomic mass is 10.1. The summed E-state index contributed by atoms with van der Waals surface area (Å²) in [4.78, 5) is 15.5. The van der Waals surface area contributed by atoms with E-state index in [9.17, 15) is 18.0 Å². The first-order chi connectivity index (χ1) is 13.8. The summed E-state index contributed by atoms with van der Waals surface area (Å²) in [7, 11) is 1.28. The largest absolute Gasteiger partial charge is 0.496 e. The summed E-state index contributed by atoms with van der Waals surface area (Å²) < 4.78 is 48.9. The topological polar surface area (TPSA) is 48.4 Å². The lowest BCUT2D eigenvalue weighted by Crippen LogP contribution is -2.08. The number of rotatable bonds is 3. The van der Waals surface area contributed by atoms with Gasteiger partial charge in [0, 0.05) is 22.0 Å². The van der Waals surface area contributed by atoms with Crippen LogP contribution >= 0.6 is 11.6 Å². The van der Waals surface area contributed by atoms with Crippen LogP contribution in [0.3, 0.4) is 0 Å². The van der Waals surface area contributed by atoms with Gasteiger partial charge in [0.25, 0.3) is 0 Å². The number of methoxy groups -OCH3 is 1. The Kier molecular flexibility index (Phi) is 5.95. The maximum atomic E-state index is 12.9. The second kappa shape index (κ2) is 8.41. The molecule has 0 N–H and O–H groups in total. The molecule has 0 radical (unpaired) electrons. The van der Waals surface area contributed by atoms with Gasteiger partial charge in [-0.15, -0.1) is 0 Å². The number of esters is 1. The lowest BCUT2D eigenvalue weighted by molar-refractivity contribution is -0.141. The minimum absolute atomic E-state index is 0.0418. The van der Waals surface area contributed by atoms with Crippen molar-refractivity contribution in [1.29, 1.82) is 0 Å². The third-order valence-corrected chi connectivity index (χ3v) is 4.12. The molecule has 0 saturated carbocycles. The van der Waals surface area contributed by atoms with Gasteiger partial charge in [0.1, 0.15) is 11.4 Å². The van der Waals surface area contributed by atoms with Crippen molar-refractivity contribution in [3.8, 4) is 17.6 Å². The van der Waals surface area contributed by atoms with E-state index in [0.717, 1.165) is 6.07 Å². The van der Waals surface area contributed by atoms with E-state index in [-0.39, 0.29) is 17.9 Å². The van der Waals surface area contributed by atoms with E-state index >= 15 is 0 Å². The molecular formula is C21H13ClF3NO3. The van der Waals surface area contributed by atoms with E-state index in [0.29, 0.717) is 21.5 Å². The normalized spacial score (nSPS) is 10.9. The number of carbonyl (C=O) groups is 1. The maximum absolute atomic E-state index is 12.9. The first-order valence-electron chi connectivity index (χ1n) is 8.25. The van der Waals surface area contributed by atoms with E-state index in [1.807, 2.05) is 0 Å². The highest BCUT2D eigenvalue weighted by atomic mass is 35.5. The Morgan fingerprint density at radius 1 is 1.14 bits per heavy atom. The number of alkyl halides is 3. The summed E-state index contributed by atoms with van der Waals surface area (Å²) in [5.41, 5.74) is -0.0377. The Hall–Kier alpha value is -3.24. The fourth-order valence-electron chi connectivity index (χ4n) is 2.50. The predicted molar refractivity (Wildman–Crippen MR) is 102 cm³/mol. The fraction of sp³-hybridized carbons (Fsp3) is 0.143. The number of hydrogen-bond donors (Lipinski definition) is 0. The van der Waals surface area contributed by atoms with Gasteiger partial charge in [-0.25, -0.2) is 9.78 Å². The number of nitrogens with zero attached hydrogens (tertiary/aromatic N) is 1. The van der Waals surface area contributed by atoms with Gasteiger partial charge in [0.05, 0.1) is 18.2 Å². The molecule has 0 unspecified atom stereocenters. The molecule has 0 aliphatic carbocycles. The number of pyridine rings is 1. The van der Waals surface area contributed by atoms with Crippen molar-refractivity contribution in [3.05, 3.63) is 70.4 Å². The van der Waals surface area contributed by atoms with Gasteiger partial charge in [-0.05, 0) is 42.5 Å². The Balaban J connectivity index is 1.76. The Morgan fingerprint density at radius 3 is 2.52 bits per heavy atom. The molecule has 0 spiro atoms. The summed E-state index contributed by atoms with van der Waals surface area (Å²) in [6.45, 7) is -0.151. The molecule has 4 nitrogen and oxygen atoms in total. The van der Waals surface area contributed by atoms with Crippen LogP contribution in [0, 0.1) is 11.8 Å². The standard InChI is InChI=1S/C21H13ClF3NO3/c1-28-18-12-19(21(23,24)25)26-17-9-4-13(11-16(17)18)3-2-10-29-20(27)14-5-7-15(22)8-6-14/h4-9,11-12H,10H2,1H3. The summed E-state index contributed by atoms with van der Waals surface area (Å²) in [5.74, 6) is 4.99. The molecule has 0 aliphatic heterocycles. The molecule has 148 valence electrons. The molecule has 0 amide bonds. The van der Waals surface area contributed by atoms with Crippen molar-refractivity contribution in [2.45, 2.75) is 6.18 Å². The summed E-state index contributed by atoms with van der Waals surface area (Å²) in [5, 5.41) is 0.898. The third kappa shape index (κ3) is 4.98. The highest BCUT2D eigenvalue weighted by Crippen LogP contribution is 2.34. The van der Waals surface area contributed by atoms with Crippen molar-refractivity contribution in [2.24, 2.45) is 0 Å². The first kappa shape index (κ1) is 20.5. The van der Waals surface area contributed by atoms with Gasteiger partial charge in [-0.3, -0.25) is 0 Å². The quantitative estimate of drug-likeness (QED) is 0.436. The van der Waals surface area contributed by atoms with Crippen molar-refractivity contribution in [1.82, 2.24) is 4.98 Å². The average molecular weight is 420 g/mol. The van der Waals surface area contributed by atoms with Gasteiger partial charge in [0.2, 0.25) is 0 Å². The molecule has 3 rings (SSSR count). The van der Waals surface area contributed by atoms with Crippen LogP contribution in [-0.4, -0.2) is 24.7 Å². The lowest BCUT2D eigenvalue weighted by Gasteiger charge is -2.11. The highest BCUT2D eigenvalue weighted by molar-refractivity contribution is 6.30. The van der Waals surface area contributed by atoms with Gasteiger partial charge in [-0.1, -0.05) is 23.4 Å². The number of carbonyl (C=O) groups excluding carboxylic acids is 1. The number of aromatic nitrogens is 1. The summed E-state index contributed by atoms with van der Waals surface area (Å²) in [6.07, 6.45) is -4.58.